The van der Waals surface area contributed by atoms with E-state index in [9.17, 15) is 14.7 Å². The van der Waals surface area contributed by atoms with Crippen LogP contribution in [-0.2, 0) is 9.53 Å². The van der Waals surface area contributed by atoms with E-state index >= 15 is 0 Å². The lowest BCUT2D eigenvalue weighted by molar-refractivity contribution is -0.00872. The Morgan fingerprint density at radius 2 is 2.17 bits per heavy atom. The lowest BCUT2D eigenvalue weighted by atomic mass is 9.63. The summed E-state index contributed by atoms with van der Waals surface area (Å²) < 4.78 is 5.31. The monoisotopic (exact) mass is 339 g/mol. The number of urea groups is 1. The number of aliphatic hydroxyl groups is 1. The molecule has 0 radical (unpaired) electrons. The summed E-state index contributed by atoms with van der Waals surface area (Å²) in [7, 11) is 0. The lowest BCUT2D eigenvalue weighted by Crippen LogP contribution is -2.55. The molecule has 0 aromatic carbocycles. The number of carbonyl (C=O) groups excluding carboxylic acids is 2. The molecule has 2 fully saturated rings. The molecule has 1 aliphatic carbocycles. The van der Waals surface area contributed by atoms with E-state index in [0.29, 0.717) is 26.3 Å². The molecule has 2 amide bonds. The number of hydrogen-bond acceptors (Lipinski definition) is 5. The smallest absolute Gasteiger partial charge is 0.317 e. The van der Waals surface area contributed by atoms with E-state index in [1.54, 1.807) is 11.0 Å². The second-order valence-corrected chi connectivity index (χ2v) is 8.20. The number of nitrogens with one attached hydrogen (secondary N) is 1. The molecule has 1 heterocycles. The van der Waals surface area contributed by atoms with Crippen molar-refractivity contribution in [3.63, 3.8) is 0 Å². The lowest BCUT2D eigenvalue weighted by Gasteiger charge is -2.45. The van der Waals surface area contributed by atoms with Gasteiger partial charge in [-0.2, -0.15) is 0 Å². The van der Waals surface area contributed by atoms with Gasteiger partial charge >= 0.3 is 6.03 Å². The molecule has 3 atom stereocenters. The van der Waals surface area contributed by atoms with E-state index in [1.807, 2.05) is 0 Å². The van der Waals surface area contributed by atoms with Gasteiger partial charge in [-0.1, -0.05) is 20.8 Å². The maximum absolute atomic E-state index is 12.5. The minimum Gasteiger partial charge on any atom is -0.394 e. The van der Waals surface area contributed by atoms with Crippen LogP contribution in [0.15, 0.2) is 4.99 Å². The van der Waals surface area contributed by atoms with Gasteiger partial charge in [-0.3, -0.25) is 0 Å². The van der Waals surface area contributed by atoms with Crippen molar-refractivity contribution < 1.29 is 19.4 Å². The second-order valence-electron chi connectivity index (χ2n) is 8.20. The maximum atomic E-state index is 12.5. The van der Waals surface area contributed by atoms with Crippen molar-refractivity contribution in [2.45, 2.75) is 52.1 Å². The first kappa shape index (κ1) is 18.9. The fraction of sp³-hybridized carbons (Fsp3) is 0.882. The van der Waals surface area contributed by atoms with E-state index in [4.69, 9.17) is 4.74 Å². The number of amides is 2. The number of aliphatic imine (C=N–C) groups is 1. The molecule has 2 rings (SSSR count). The third kappa shape index (κ3) is 4.79. The van der Waals surface area contributed by atoms with Crippen LogP contribution in [0.5, 0.6) is 0 Å². The van der Waals surface area contributed by atoms with Crippen LogP contribution in [-0.4, -0.2) is 67.1 Å². The number of nitrogens with zero attached hydrogens (tertiary/aromatic N) is 2. The molecule has 7 nitrogen and oxygen atoms in total. The third-order valence-corrected chi connectivity index (χ3v) is 5.02. The third-order valence-electron chi connectivity index (χ3n) is 5.02. The van der Waals surface area contributed by atoms with Crippen molar-refractivity contribution in [1.82, 2.24) is 10.2 Å². The molecule has 2 N–H and O–H groups in total. The predicted molar refractivity (Wildman–Crippen MR) is 89.4 cm³/mol. The quantitative estimate of drug-likeness (QED) is 0.597. The summed E-state index contributed by atoms with van der Waals surface area (Å²) >= 11 is 0. The van der Waals surface area contributed by atoms with Crippen LogP contribution in [0, 0.1) is 10.8 Å². The second kappa shape index (κ2) is 7.64. The minimum absolute atomic E-state index is 0.0401. The largest absolute Gasteiger partial charge is 0.394 e. The molecular formula is C17H29N3O4. The number of morpholine rings is 1. The van der Waals surface area contributed by atoms with Gasteiger partial charge in [0.2, 0.25) is 6.08 Å². The summed E-state index contributed by atoms with van der Waals surface area (Å²) in [5.74, 6) is 0. The predicted octanol–water partition coefficient (Wildman–Crippen LogP) is 1.31. The highest BCUT2D eigenvalue weighted by molar-refractivity contribution is 5.74. The Kier molecular flexibility index (Phi) is 6.01. The average Bonchev–Trinajstić information content (AvgIpc) is 2.51. The highest BCUT2D eigenvalue weighted by Gasteiger charge is 2.42. The Hall–Kier alpha value is -1.43. The zero-order valence-corrected chi connectivity index (χ0v) is 14.9. The van der Waals surface area contributed by atoms with E-state index in [2.05, 4.69) is 31.1 Å². The molecular weight excluding hydrogens is 310 g/mol. The van der Waals surface area contributed by atoms with Crippen LogP contribution < -0.4 is 5.32 Å². The maximum Gasteiger partial charge on any atom is 0.317 e. The number of hydrogen-bond donors (Lipinski definition) is 2. The van der Waals surface area contributed by atoms with E-state index < -0.39 is 0 Å². The van der Waals surface area contributed by atoms with E-state index in [1.165, 1.54) is 0 Å². The van der Waals surface area contributed by atoms with Gasteiger partial charge in [0.1, 0.15) is 0 Å². The fourth-order valence-corrected chi connectivity index (χ4v) is 4.34. The Morgan fingerprint density at radius 3 is 2.83 bits per heavy atom. The topological polar surface area (TPSA) is 91.2 Å². The van der Waals surface area contributed by atoms with Crippen molar-refractivity contribution in [3.05, 3.63) is 0 Å². The van der Waals surface area contributed by atoms with Gasteiger partial charge in [0, 0.05) is 13.1 Å². The first-order valence-corrected chi connectivity index (χ1v) is 8.59. The van der Waals surface area contributed by atoms with Gasteiger partial charge in [-0.05, 0) is 30.1 Å². The molecule has 3 unspecified atom stereocenters. The molecule has 1 saturated carbocycles. The zero-order valence-electron chi connectivity index (χ0n) is 14.9. The molecule has 0 aromatic heterocycles. The number of aliphatic hydroxyl groups excluding tert-OH is 1. The first-order valence-electron chi connectivity index (χ1n) is 8.59. The molecule has 0 bridgehead atoms. The molecule has 7 heteroatoms. The SMILES string of the molecule is CC1(C)CC(N=C=O)CC(C)(CNC(=O)N2CCOCC2CO)C1. The normalized spacial score (nSPS) is 32.8. The summed E-state index contributed by atoms with van der Waals surface area (Å²) in [6.45, 7) is 8.23. The van der Waals surface area contributed by atoms with Crippen LogP contribution in [0.4, 0.5) is 4.79 Å². The van der Waals surface area contributed by atoms with Gasteiger partial charge < -0.3 is 20.1 Å². The Balaban J connectivity index is 1.98. The molecule has 136 valence electrons. The fourth-order valence-electron chi connectivity index (χ4n) is 4.34. The molecule has 1 saturated heterocycles. The molecule has 24 heavy (non-hydrogen) atoms. The molecule has 0 spiro atoms. The van der Waals surface area contributed by atoms with Crippen LogP contribution in [0.3, 0.4) is 0 Å². The van der Waals surface area contributed by atoms with E-state index in [-0.39, 0.29) is 35.6 Å². The van der Waals surface area contributed by atoms with Crippen LogP contribution >= 0.6 is 0 Å². The van der Waals surface area contributed by atoms with Crippen molar-refractivity contribution >= 4 is 12.1 Å². The van der Waals surface area contributed by atoms with Crippen molar-refractivity contribution in [3.8, 4) is 0 Å². The van der Waals surface area contributed by atoms with Crippen LogP contribution in [0.2, 0.25) is 0 Å². The molecule has 2 aliphatic rings. The number of carbonyl (C=O) groups is 1. The number of rotatable bonds is 4. The van der Waals surface area contributed by atoms with Gasteiger partial charge in [0.15, 0.2) is 0 Å². The highest BCUT2D eigenvalue weighted by atomic mass is 16.5. The Morgan fingerprint density at radius 1 is 1.42 bits per heavy atom. The summed E-state index contributed by atoms with van der Waals surface area (Å²) in [5.41, 5.74) is -0.0568. The Labute approximate surface area is 143 Å². The van der Waals surface area contributed by atoms with Crippen molar-refractivity contribution in [2.75, 3.05) is 32.9 Å². The summed E-state index contributed by atoms with van der Waals surface area (Å²) in [6, 6.07) is -0.499. The number of ether oxygens (including phenoxy) is 1. The van der Waals surface area contributed by atoms with Crippen molar-refractivity contribution in [2.24, 2.45) is 15.8 Å². The first-order chi connectivity index (χ1) is 11.3. The van der Waals surface area contributed by atoms with Crippen LogP contribution in [0.1, 0.15) is 40.0 Å². The van der Waals surface area contributed by atoms with Crippen LogP contribution in [0.25, 0.3) is 0 Å². The molecule has 1 aliphatic heterocycles. The van der Waals surface area contributed by atoms with E-state index in [0.717, 1.165) is 19.3 Å². The van der Waals surface area contributed by atoms with Crippen molar-refractivity contribution in [1.29, 1.82) is 0 Å². The summed E-state index contributed by atoms with van der Waals surface area (Å²) in [5, 5.41) is 12.4. The molecule has 0 aromatic rings. The standard InChI is InChI=1S/C17H29N3O4/c1-16(2)6-13(19-12-22)7-17(3,10-16)11-18-15(23)20-4-5-24-9-14(20)8-21/h13-14,21H,4-11H2,1-3H3,(H,18,23). The zero-order chi connectivity index (χ0) is 17.8. The van der Waals surface area contributed by atoms with Gasteiger partial charge in [-0.25, -0.2) is 14.6 Å². The van der Waals surface area contributed by atoms with Gasteiger partial charge in [0.25, 0.3) is 0 Å². The minimum atomic E-state index is -0.290. The summed E-state index contributed by atoms with van der Waals surface area (Å²) in [6.07, 6.45) is 4.26. The average molecular weight is 339 g/mol. The summed E-state index contributed by atoms with van der Waals surface area (Å²) in [4.78, 5) is 28.7. The Bertz CT molecular complexity index is 504. The highest BCUT2D eigenvalue weighted by Crippen LogP contribution is 2.46. The van der Waals surface area contributed by atoms with Gasteiger partial charge in [-0.15, -0.1) is 0 Å². The van der Waals surface area contributed by atoms with Gasteiger partial charge in [0.05, 0.1) is 31.9 Å². The number of isocyanates is 1.